The molecule has 12 heteroatoms. The van der Waals surface area contributed by atoms with Gasteiger partial charge in [-0.1, -0.05) is 30.2 Å². The number of carboxylic acid groups (broad SMARTS) is 4. The van der Waals surface area contributed by atoms with Crippen LogP contribution in [-0.4, -0.2) is 73.9 Å². The summed E-state index contributed by atoms with van der Waals surface area (Å²) in [6.07, 6.45) is 0.281. The van der Waals surface area contributed by atoms with Gasteiger partial charge in [0, 0.05) is 0 Å². The van der Waals surface area contributed by atoms with Crippen molar-refractivity contribution in [1.29, 1.82) is 0 Å². The maximum absolute atomic E-state index is 11.8. The molecule has 178 valence electrons. The van der Waals surface area contributed by atoms with Crippen LogP contribution in [0.1, 0.15) is 38.2 Å². The molecule has 0 bridgehead atoms. The van der Waals surface area contributed by atoms with Crippen molar-refractivity contribution in [3.8, 4) is 11.5 Å². The maximum atomic E-state index is 11.8. The van der Waals surface area contributed by atoms with Gasteiger partial charge in [-0.25, -0.2) is 0 Å². The third-order valence-corrected chi connectivity index (χ3v) is 8.58. The molecule has 0 amide bonds. The van der Waals surface area contributed by atoms with Gasteiger partial charge in [-0.3, -0.25) is 19.2 Å². The smallest absolute Gasteiger partial charge is 0.318 e. The largest absolute Gasteiger partial charge is 0.493 e. The number of rotatable bonds is 15. The molecule has 0 fully saturated rings. The number of carboxylic acids is 4. The Morgan fingerprint density at radius 2 is 1.69 bits per heavy atom. The fourth-order valence-corrected chi connectivity index (χ4v) is 6.84. The monoisotopic (exact) mass is 490 g/mol. The molecule has 1 aromatic carbocycles. The van der Waals surface area contributed by atoms with Crippen molar-refractivity contribution in [3.05, 3.63) is 23.8 Å². The topological polar surface area (TPSA) is 168 Å². The van der Waals surface area contributed by atoms with Crippen LogP contribution in [-0.2, 0) is 19.2 Å². The van der Waals surface area contributed by atoms with Gasteiger partial charge in [-0.2, -0.15) is 0 Å². The Labute approximate surface area is 190 Å². The van der Waals surface area contributed by atoms with E-state index in [0.717, 1.165) is 12.8 Å². The van der Waals surface area contributed by atoms with Crippen molar-refractivity contribution in [3.63, 3.8) is 0 Å². The summed E-state index contributed by atoms with van der Waals surface area (Å²) < 4.78 is 11.0. The van der Waals surface area contributed by atoms with Crippen molar-refractivity contribution < 1.29 is 49.1 Å². The Balaban J connectivity index is 3.41. The lowest BCUT2D eigenvalue weighted by Crippen LogP contribution is -2.25. The van der Waals surface area contributed by atoms with E-state index in [2.05, 4.69) is 0 Å². The molecule has 0 aromatic heterocycles. The third-order valence-electron chi connectivity index (χ3n) is 3.97. The van der Waals surface area contributed by atoms with Gasteiger partial charge in [-0.05, 0) is 29.5 Å². The van der Waals surface area contributed by atoms with E-state index in [1.165, 1.54) is 12.5 Å². The number of benzene rings is 1. The zero-order chi connectivity index (χ0) is 24.3. The standard InChI is InChI=1S/C20H26O10S2/c1-3-4-7-30-13-6-5-12(8-14(13)29-2)11-32(16(20(27)28)10-18(23)24)31-15(19(25)26)9-17(21)22/h5-6,8,11,15-16H,3-4,7,9-10H2,1-2H3,(H,21,22)(H,23,24)(H,25,26)(H,27,28). The maximum Gasteiger partial charge on any atom is 0.318 e. The number of carbonyl (C=O) groups is 4. The first-order valence-corrected chi connectivity index (χ1v) is 12.3. The molecule has 3 atom stereocenters. The molecule has 0 saturated heterocycles. The summed E-state index contributed by atoms with van der Waals surface area (Å²) in [6.45, 7) is 2.49. The second-order valence-electron chi connectivity index (χ2n) is 6.50. The van der Waals surface area contributed by atoms with Crippen LogP contribution in [0.5, 0.6) is 11.5 Å². The predicted molar refractivity (Wildman–Crippen MR) is 121 cm³/mol. The summed E-state index contributed by atoms with van der Waals surface area (Å²) in [4.78, 5) is 45.5. The molecule has 0 aliphatic rings. The molecule has 4 N–H and O–H groups in total. The average molecular weight is 491 g/mol. The number of methoxy groups -OCH3 is 1. The molecular formula is C20H26O10S2. The summed E-state index contributed by atoms with van der Waals surface area (Å²) in [5.74, 6) is -4.75. The Bertz CT molecular complexity index is 868. The quantitative estimate of drug-likeness (QED) is 0.162. The van der Waals surface area contributed by atoms with Crippen molar-refractivity contribution in [2.75, 3.05) is 13.7 Å². The second kappa shape index (κ2) is 13.6. The van der Waals surface area contributed by atoms with E-state index in [9.17, 15) is 29.4 Å². The molecule has 1 rings (SSSR count). The summed E-state index contributed by atoms with van der Waals surface area (Å²) in [5.41, 5.74) is 0.455. The number of unbranched alkanes of at least 4 members (excludes halogenated alkanes) is 1. The lowest BCUT2D eigenvalue weighted by atomic mass is 10.2. The Morgan fingerprint density at radius 3 is 2.19 bits per heavy atom. The third kappa shape index (κ3) is 9.18. The van der Waals surface area contributed by atoms with Crippen LogP contribution in [0.4, 0.5) is 0 Å². The van der Waals surface area contributed by atoms with Crippen molar-refractivity contribution in [2.24, 2.45) is 0 Å². The highest BCUT2D eigenvalue weighted by Gasteiger charge is 2.31. The van der Waals surface area contributed by atoms with Crippen molar-refractivity contribution >= 4 is 49.6 Å². The molecule has 32 heavy (non-hydrogen) atoms. The lowest BCUT2D eigenvalue weighted by Gasteiger charge is -2.19. The highest BCUT2D eigenvalue weighted by atomic mass is 33.1. The van der Waals surface area contributed by atoms with Gasteiger partial charge in [-0.15, -0.1) is 9.52 Å². The minimum atomic E-state index is -1.48. The minimum absolute atomic E-state index is 0.369. The highest BCUT2D eigenvalue weighted by molar-refractivity contribution is 8.84. The fourth-order valence-electron chi connectivity index (χ4n) is 2.40. The van der Waals surface area contributed by atoms with Crippen molar-refractivity contribution in [2.45, 2.75) is 43.1 Å². The predicted octanol–water partition coefficient (Wildman–Crippen LogP) is 2.80. The first-order chi connectivity index (χ1) is 15.1. The van der Waals surface area contributed by atoms with Gasteiger partial charge in [0.05, 0.1) is 26.6 Å². The van der Waals surface area contributed by atoms with E-state index in [4.69, 9.17) is 19.7 Å². The molecule has 0 aliphatic heterocycles. The van der Waals surface area contributed by atoms with Crippen LogP contribution in [0, 0.1) is 0 Å². The van der Waals surface area contributed by atoms with Gasteiger partial charge >= 0.3 is 23.9 Å². The van der Waals surface area contributed by atoms with Crippen LogP contribution >= 0.6 is 20.3 Å². The zero-order valence-electron chi connectivity index (χ0n) is 17.6. The zero-order valence-corrected chi connectivity index (χ0v) is 19.2. The number of ether oxygens (including phenoxy) is 2. The van der Waals surface area contributed by atoms with Crippen LogP contribution in [0.15, 0.2) is 18.2 Å². The summed E-state index contributed by atoms with van der Waals surface area (Å²) in [6, 6.07) is 4.79. The molecule has 1 aromatic rings. The number of aliphatic carboxylic acids is 4. The lowest BCUT2D eigenvalue weighted by molar-refractivity contribution is -0.143. The number of hydrogen-bond donors (Lipinski definition) is 4. The van der Waals surface area contributed by atoms with E-state index in [1.807, 2.05) is 6.92 Å². The minimum Gasteiger partial charge on any atom is -0.493 e. The van der Waals surface area contributed by atoms with Crippen LogP contribution in [0.2, 0.25) is 0 Å². The SMILES string of the molecule is CCCCOc1ccc(C=S(SC(CC(=O)O)C(=O)O)C(CC(=O)O)C(=O)O)cc1OC. The van der Waals surface area contributed by atoms with E-state index in [-0.39, 0.29) is 0 Å². The summed E-state index contributed by atoms with van der Waals surface area (Å²) in [5, 5.41) is 35.6. The van der Waals surface area contributed by atoms with Crippen LogP contribution in [0.3, 0.4) is 0 Å². The van der Waals surface area contributed by atoms with E-state index in [0.29, 0.717) is 34.5 Å². The molecule has 0 aliphatic carbocycles. The Kier molecular flexibility index (Phi) is 11.6. The molecule has 0 heterocycles. The van der Waals surface area contributed by atoms with Crippen LogP contribution < -0.4 is 9.47 Å². The molecular weight excluding hydrogens is 464 g/mol. The first-order valence-electron chi connectivity index (χ1n) is 9.52. The average Bonchev–Trinajstić information content (AvgIpc) is 2.71. The molecule has 0 spiro atoms. The molecule has 3 unspecified atom stereocenters. The molecule has 0 radical (unpaired) electrons. The summed E-state index contributed by atoms with van der Waals surface area (Å²) >= 11 is 0. The summed E-state index contributed by atoms with van der Waals surface area (Å²) in [7, 11) is 0.554. The van der Waals surface area contributed by atoms with Gasteiger partial charge in [0.15, 0.2) is 11.5 Å². The Morgan fingerprint density at radius 1 is 1.03 bits per heavy atom. The van der Waals surface area contributed by atoms with Crippen molar-refractivity contribution in [1.82, 2.24) is 0 Å². The van der Waals surface area contributed by atoms with Gasteiger partial charge in [0.25, 0.3) is 0 Å². The normalized spacial score (nSPS) is 13.7. The Hall–Kier alpha value is -2.73. The highest BCUT2D eigenvalue weighted by Crippen LogP contribution is 2.42. The molecule has 10 nitrogen and oxygen atoms in total. The van der Waals surface area contributed by atoms with Gasteiger partial charge in [0.2, 0.25) is 0 Å². The first kappa shape index (κ1) is 27.3. The van der Waals surface area contributed by atoms with E-state index < -0.39 is 56.7 Å². The van der Waals surface area contributed by atoms with Gasteiger partial charge < -0.3 is 29.9 Å². The molecule has 0 saturated carbocycles. The second-order valence-corrected chi connectivity index (χ2v) is 10.5. The fraction of sp³-hybridized carbons (Fsp3) is 0.450. The van der Waals surface area contributed by atoms with Crippen LogP contribution in [0.25, 0.3) is 0 Å². The van der Waals surface area contributed by atoms with E-state index in [1.54, 1.807) is 18.2 Å². The number of hydrogen-bond acceptors (Lipinski definition) is 7. The van der Waals surface area contributed by atoms with E-state index >= 15 is 0 Å². The van der Waals surface area contributed by atoms with Gasteiger partial charge in [0.1, 0.15) is 10.5 Å².